The summed E-state index contributed by atoms with van der Waals surface area (Å²) in [6, 6.07) is 12.4. The first-order chi connectivity index (χ1) is 15.6. The van der Waals surface area contributed by atoms with E-state index in [2.05, 4.69) is 14.9 Å². The number of rotatable bonds is 8. The molecule has 0 atom stereocenters. The molecule has 1 heterocycles. The number of benzene rings is 2. The lowest BCUT2D eigenvalue weighted by Gasteiger charge is -2.32. The maximum absolute atomic E-state index is 12.6. The maximum Gasteiger partial charge on any atom is 0.262 e. The first-order valence-electron chi connectivity index (χ1n) is 10.8. The van der Waals surface area contributed by atoms with Crippen molar-refractivity contribution in [2.24, 2.45) is 0 Å². The number of sulfonamides is 1. The van der Waals surface area contributed by atoms with Crippen LogP contribution in [0.4, 0.5) is 5.69 Å². The molecule has 2 amide bonds. The molecule has 0 unspecified atom stereocenters. The molecule has 1 aliphatic heterocycles. The summed E-state index contributed by atoms with van der Waals surface area (Å²) in [6.45, 7) is 6.36. The Hall–Kier alpha value is -2.95. The van der Waals surface area contributed by atoms with Crippen molar-refractivity contribution in [3.05, 3.63) is 54.1 Å². The molecule has 10 heteroatoms. The summed E-state index contributed by atoms with van der Waals surface area (Å²) >= 11 is 0. The molecule has 0 spiro atoms. The molecule has 9 nitrogen and oxygen atoms in total. The predicted molar refractivity (Wildman–Crippen MR) is 126 cm³/mol. The smallest absolute Gasteiger partial charge is 0.262 e. The van der Waals surface area contributed by atoms with Crippen LogP contribution in [0.3, 0.4) is 0 Å². The molecule has 0 aromatic heterocycles. The molecular formula is C23H30N4O5S. The summed E-state index contributed by atoms with van der Waals surface area (Å²) in [5.41, 5.74) is 1.13. The molecule has 0 radical (unpaired) electrons. The van der Waals surface area contributed by atoms with Gasteiger partial charge in [-0.15, -0.1) is 0 Å². The number of nitrogens with one attached hydrogen (secondary N) is 2. The standard InChI is InChI=1S/C23H30N4O5S/c1-17(2)25-33(30,31)21-10-8-20(9-11-21)32-16-22(28)24-19-6-4-18(5-7-19)23(29)27-14-12-26(3)13-15-27/h4-11,17,25H,12-16H2,1-3H3,(H,24,28). The number of piperazine rings is 1. The number of hydrogen-bond acceptors (Lipinski definition) is 6. The van der Waals surface area contributed by atoms with Crippen molar-refractivity contribution in [2.45, 2.75) is 24.8 Å². The van der Waals surface area contributed by atoms with Gasteiger partial charge >= 0.3 is 0 Å². The van der Waals surface area contributed by atoms with Gasteiger partial charge in [0.15, 0.2) is 6.61 Å². The van der Waals surface area contributed by atoms with E-state index in [0.29, 0.717) is 30.1 Å². The number of ether oxygens (including phenoxy) is 1. The van der Waals surface area contributed by atoms with Crippen molar-refractivity contribution in [3.8, 4) is 5.75 Å². The van der Waals surface area contributed by atoms with E-state index >= 15 is 0 Å². The first-order valence-corrected chi connectivity index (χ1v) is 12.3. The number of likely N-dealkylation sites (N-methyl/N-ethyl adjacent to an activating group) is 1. The first kappa shape index (κ1) is 24.7. The zero-order chi connectivity index (χ0) is 24.0. The third kappa shape index (κ3) is 7.01. The lowest BCUT2D eigenvalue weighted by molar-refractivity contribution is -0.118. The van der Waals surface area contributed by atoms with Crippen molar-refractivity contribution in [3.63, 3.8) is 0 Å². The largest absolute Gasteiger partial charge is 0.484 e. The Labute approximate surface area is 194 Å². The molecule has 0 bridgehead atoms. The highest BCUT2D eigenvalue weighted by molar-refractivity contribution is 7.89. The SMILES string of the molecule is CC(C)NS(=O)(=O)c1ccc(OCC(=O)Nc2ccc(C(=O)N3CCN(C)CC3)cc2)cc1. The van der Waals surface area contributed by atoms with Crippen LogP contribution in [0, 0.1) is 0 Å². The quantitative estimate of drug-likeness (QED) is 0.604. The molecular weight excluding hydrogens is 444 g/mol. The second kappa shape index (κ2) is 10.8. The molecule has 0 saturated carbocycles. The van der Waals surface area contributed by atoms with Crippen molar-refractivity contribution in [1.29, 1.82) is 0 Å². The van der Waals surface area contributed by atoms with Gasteiger partial charge < -0.3 is 19.9 Å². The van der Waals surface area contributed by atoms with Crippen molar-refractivity contribution < 1.29 is 22.7 Å². The Morgan fingerprint density at radius 1 is 0.970 bits per heavy atom. The molecule has 1 fully saturated rings. The third-order valence-electron chi connectivity index (χ3n) is 5.10. The van der Waals surface area contributed by atoms with E-state index in [9.17, 15) is 18.0 Å². The van der Waals surface area contributed by atoms with Gasteiger partial charge in [0.2, 0.25) is 10.0 Å². The van der Waals surface area contributed by atoms with Gasteiger partial charge in [0, 0.05) is 43.5 Å². The number of carbonyl (C=O) groups excluding carboxylic acids is 2. The Morgan fingerprint density at radius 3 is 2.15 bits per heavy atom. The van der Waals surface area contributed by atoms with E-state index in [1.54, 1.807) is 38.1 Å². The summed E-state index contributed by atoms with van der Waals surface area (Å²) in [4.78, 5) is 28.9. The van der Waals surface area contributed by atoms with Crippen LogP contribution < -0.4 is 14.8 Å². The van der Waals surface area contributed by atoms with Crippen LogP contribution in [-0.4, -0.2) is 75.9 Å². The lowest BCUT2D eigenvalue weighted by atomic mass is 10.1. The minimum Gasteiger partial charge on any atom is -0.484 e. The zero-order valence-corrected chi connectivity index (χ0v) is 19.9. The fourth-order valence-electron chi connectivity index (χ4n) is 3.33. The number of hydrogen-bond donors (Lipinski definition) is 2. The summed E-state index contributed by atoms with van der Waals surface area (Å²) < 4.78 is 32.3. The van der Waals surface area contributed by atoms with Crippen molar-refractivity contribution in [1.82, 2.24) is 14.5 Å². The van der Waals surface area contributed by atoms with Crippen LogP contribution in [-0.2, 0) is 14.8 Å². The summed E-state index contributed by atoms with van der Waals surface area (Å²) in [5, 5.41) is 2.72. The average Bonchev–Trinajstić information content (AvgIpc) is 2.78. The van der Waals surface area contributed by atoms with Crippen LogP contribution in [0.2, 0.25) is 0 Å². The molecule has 2 N–H and O–H groups in total. The maximum atomic E-state index is 12.6. The lowest BCUT2D eigenvalue weighted by Crippen LogP contribution is -2.47. The molecule has 2 aromatic carbocycles. The third-order valence-corrected chi connectivity index (χ3v) is 6.78. The van der Waals surface area contributed by atoms with E-state index < -0.39 is 10.0 Å². The molecule has 2 aromatic rings. The molecule has 33 heavy (non-hydrogen) atoms. The Morgan fingerprint density at radius 2 is 1.58 bits per heavy atom. The average molecular weight is 475 g/mol. The van der Waals surface area contributed by atoms with E-state index in [1.807, 2.05) is 11.9 Å². The molecule has 1 saturated heterocycles. The molecule has 178 valence electrons. The highest BCUT2D eigenvalue weighted by Gasteiger charge is 2.20. The van der Waals surface area contributed by atoms with E-state index in [0.717, 1.165) is 13.1 Å². The van der Waals surface area contributed by atoms with Crippen molar-refractivity contribution >= 4 is 27.5 Å². The van der Waals surface area contributed by atoms with Gasteiger partial charge in [0.05, 0.1) is 4.90 Å². The van der Waals surface area contributed by atoms with Gasteiger partial charge in [-0.1, -0.05) is 0 Å². The second-order valence-electron chi connectivity index (χ2n) is 8.26. The number of nitrogens with zero attached hydrogens (tertiary/aromatic N) is 2. The number of anilines is 1. The molecule has 3 rings (SSSR count). The zero-order valence-electron chi connectivity index (χ0n) is 19.1. The second-order valence-corrected chi connectivity index (χ2v) is 9.97. The minimum atomic E-state index is -3.58. The van der Waals surface area contributed by atoms with E-state index in [1.165, 1.54) is 24.3 Å². The minimum absolute atomic E-state index is 0.0154. The van der Waals surface area contributed by atoms with Crippen molar-refractivity contribution in [2.75, 3.05) is 45.2 Å². The fraction of sp³-hybridized carbons (Fsp3) is 0.391. The number of amides is 2. The summed E-state index contributed by atoms with van der Waals surface area (Å²) in [5.74, 6) is -0.00792. The molecule has 1 aliphatic rings. The van der Waals surface area contributed by atoms with E-state index in [-0.39, 0.29) is 29.4 Å². The predicted octanol–water partition coefficient (Wildman–Crippen LogP) is 1.78. The highest BCUT2D eigenvalue weighted by atomic mass is 32.2. The Bertz CT molecular complexity index is 1060. The van der Waals surface area contributed by atoms with Gasteiger partial charge in [0.1, 0.15) is 5.75 Å². The highest BCUT2D eigenvalue weighted by Crippen LogP contribution is 2.17. The monoisotopic (exact) mass is 474 g/mol. The van der Waals surface area contributed by atoms with Crippen LogP contribution in [0.1, 0.15) is 24.2 Å². The summed E-state index contributed by atoms with van der Waals surface area (Å²) in [6.07, 6.45) is 0. The fourth-order valence-corrected chi connectivity index (χ4v) is 4.58. The van der Waals surface area contributed by atoms with E-state index in [4.69, 9.17) is 4.74 Å². The van der Waals surface area contributed by atoms with Crippen LogP contribution >= 0.6 is 0 Å². The van der Waals surface area contributed by atoms with Gasteiger partial charge in [0.25, 0.3) is 11.8 Å². The Balaban J connectivity index is 1.49. The van der Waals surface area contributed by atoms with Gasteiger partial charge in [-0.3, -0.25) is 9.59 Å². The number of carbonyl (C=O) groups is 2. The van der Waals surface area contributed by atoms with Crippen LogP contribution in [0.25, 0.3) is 0 Å². The van der Waals surface area contributed by atoms with Gasteiger partial charge in [-0.05, 0) is 69.4 Å². The summed E-state index contributed by atoms with van der Waals surface area (Å²) in [7, 11) is -1.55. The molecule has 0 aliphatic carbocycles. The van der Waals surface area contributed by atoms with Crippen LogP contribution in [0.15, 0.2) is 53.4 Å². The topological polar surface area (TPSA) is 108 Å². The Kier molecular flexibility index (Phi) is 8.06. The van der Waals surface area contributed by atoms with Gasteiger partial charge in [-0.2, -0.15) is 0 Å². The van der Waals surface area contributed by atoms with Gasteiger partial charge in [-0.25, -0.2) is 13.1 Å². The normalized spacial score (nSPS) is 14.8. The van der Waals surface area contributed by atoms with Crippen LogP contribution in [0.5, 0.6) is 5.75 Å².